The number of amides is 1. The summed E-state index contributed by atoms with van der Waals surface area (Å²) >= 11 is 0. The van der Waals surface area contributed by atoms with Crippen molar-refractivity contribution in [3.8, 4) is 5.75 Å². The molecule has 0 aromatic heterocycles. The molecule has 0 saturated carbocycles. The number of carbonyl (C=O) groups is 1. The molecule has 0 heterocycles. The summed E-state index contributed by atoms with van der Waals surface area (Å²) in [6.45, 7) is 4.88. The zero-order valence-corrected chi connectivity index (χ0v) is 15.4. The van der Waals surface area contributed by atoms with Crippen LogP contribution in [0, 0.1) is 0 Å². The summed E-state index contributed by atoms with van der Waals surface area (Å²) < 4.78 is 5.68. The van der Waals surface area contributed by atoms with Gasteiger partial charge in [0.05, 0.1) is 6.61 Å². The van der Waals surface area contributed by atoms with E-state index in [1.54, 1.807) is 0 Å². The zero-order chi connectivity index (χ0) is 17.9. The largest absolute Gasteiger partial charge is 0.494 e. The van der Waals surface area contributed by atoms with Gasteiger partial charge >= 0.3 is 0 Å². The van der Waals surface area contributed by atoms with E-state index < -0.39 is 0 Å². The number of benzene rings is 2. The summed E-state index contributed by atoms with van der Waals surface area (Å²) in [5.41, 5.74) is 3.48. The van der Waals surface area contributed by atoms with Gasteiger partial charge in [0.2, 0.25) is 5.91 Å². The third-order valence-corrected chi connectivity index (χ3v) is 4.21. The van der Waals surface area contributed by atoms with Gasteiger partial charge in [0.25, 0.3) is 0 Å². The highest BCUT2D eigenvalue weighted by Crippen LogP contribution is 2.14. The number of nitrogens with one attached hydrogen (secondary N) is 1. The molecule has 0 spiro atoms. The van der Waals surface area contributed by atoms with Gasteiger partial charge in [-0.05, 0) is 61.1 Å². The molecule has 1 N–H and O–H groups in total. The first kappa shape index (κ1) is 19.0. The molecule has 0 aliphatic rings. The number of hydrogen-bond acceptors (Lipinski definition) is 2. The minimum absolute atomic E-state index is 0.0336. The van der Waals surface area contributed by atoms with E-state index in [0.717, 1.165) is 24.3 Å². The average molecular weight is 339 g/mol. The van der Waals surface area contributed by atoms with Gasteiger partial charge in [-0.15, -0.1) is 0 Å². The second-order valence-corrected chi connectivity index (χ2v) is 6.30. The molecule has 0 atom stereocenters. The van der Waals surface area contributed by atoms with Crippen LogP contribution in [0.3, 0.4) is 0 Å². The van der Waals surface area contributed by atoms with Crippen LogP contribution in [-0.2, 0) is 17.6 Å². The van der Waals surface area contributed by atoms with Crippen LogP contribution >= 0.6 is 0 Å². The summed E-state index contributed by atoms with van der Waals surface area (Å²) in [5.74, 6) is 0.895. The van der Waals surface area contributed by atoms with Crippen molar-refractivity contribution in [2.45, 2.75) is 52.4 Å². The number of rotatable bonds is 10. The summed E-state index contributed by atoms with van der Waals surface area (Å²) in [4.78, 5) is 12.0. The molecule has 1 amide bonds. The molecule has 2 aromatic rings. The standard InChI is InChI=1S/C22H29NO2/c1-3-5-7-19-9-13-20(14-10-19)23-22(24)8-6-17-25-21-15-11-18(4-2)12-16-21/h9-16H,3-8,17H2,1-2H3,(H,23,24). The van der Waals surface area contributed by atoms with Crippen LogP contribution in [0.25, 0.3) is 0 Å². The van der Waals surface area contributed by atoms with Crippen molar-refractivity contribution in [2.24, 2.45) is 0 Å². The summed E-state index contributed by atoms with van der Waals surface area (Å²) in [6.07, 6.45) is 5.69. The lowest BCUT2D eigenvalue weighted by Gasteiger charge is -2.08. The van der Waals surface area contributed by atoms with Gasteiger partial charge < -0.3 is 10.1 Å². The molecule has 0 radical (unpaired) electrons. The lowest BCUT2D eigenvalue weighted by Crippen LogP contribution is -2.12. The van der Waals surface area contributed by atoms with Crippen molar-refractivity contribution in [3.05, 3.63) is 59.7 Å². The molecule has 0 aliphatic carbocycles. The van der Waals surface area contributed by atoms with Crippen LogP contribution in [-0.4, -0.2) is 12.5 Å². The van der Waals surface area contributed by atoms with Crippen molar-refractivity contribution in [1.29, 1.82) is 0 Å². The van der Waals surface area contributed by atoms with Crippen molar-refractivity contribution < 1.29 is 9.53 Å². The summed E-state index contributed by atoms with van der Waals surface area (Å²) in [6, 6.07) is 16.3. The van der Waals surface area contributed by atoms with Gasteiger partial charge in [-0.25, -0.2) is 0 Å². The third kappa shape index (κ3) is 7.00. The van der Waals surface area contributed by atoms with E-state index in [4.69, 9.17) is 4.74 Å². The first-order valence-electron chi connectivity index (χ1n) is 9.31. The van der Waals surface area contributed by atoms with E-state index in [0.29, 0.717) is 19.4 Å². The third-order valence-electron chi connectivity index (χ3n) is 4.21. The quantitative estimate of drug-likeness (QED) is 0.589. The first-order chi connectivity index (χ1) is 12.2. The topological polar surface area (TPSA) is 38.3 Å². The van der Waals surface area contributed by atoms with Gasteiger partial charge in [0.1, 0.15) is 5.75 Å². The van der Waals surface area contributed by atoms with Crippen LogP contribution in [0.5, 0.6) is 5.75 Å². The SMILES string of the molecule is CCCCc1ccc(NC(=O)CCCOc2ccc(CC)cc2)cc1. The minimum atomic E-state index is 0.0336. The van der Waals surface area contributed by atoms with Crippen LogP contribution < -0.4 is 10.1 Å². The molecule has 3 heteroatoms. The smallest absolute Gasteiger partial charge is 0.224 e. The molecule has 0 unspecified atom stereocenters. The molecular weight excluding hydrogens is 310 g/mol. The Labute approximate surface area is 151 Å². The lowest BCUT2D eigenvalue weighted by atomic mass is 10.1. The number of aryl methyl sites for hydroxylation is 2. The molecule has 2 aromatic carbocycles. The van der Waals surface area contributed by atoms with Crippen LogP contribution in [0.15, 0.2) is 48.5 Å². The predicted molar refractivity (Wildman–Crippen MR) is 104 cm³/mol. The number of carbonyl (C=O) groups excluding carboxylic acids is 1. The number of unbranched alkanes of at least 4 members (excludes halogenated alkanes) is 1. The predicted octanol–water partition coefficient (Wildman–Crippen LogP) is 5.39. The zero-order valence-electron chi connectivity index (χ0n) is 15.4. The maximum absolute atomic E-state index is 12.0. The second-order valence-electron chi connectivity index (χ2n) is 6.30. The van der Waals surface area contributed by atoms with Crippen molar-refractivity contribution in [1.82, 2.24) is 0 Å². The van der Waals surface area contributed by atoms with E-state index in [2.05, 4.69) is 43.4 Å². The highest BCUT2D eigenvalue weighted by molar-refractivity contribution is 5.90. The monoisotopic (exact) mass is 339 g/mol. The first-order valence-corrected chi connectivity index (χ1v) is 9.31. The van der Waals surface area contributed by atoms with E-state index in [-0.39, 0.29) is 5.91 Å². The highest BCUT2D eigenvalue weighted by atomic mass is 16.5. The Morgan fingerprint density at radius 1 is 0.920 bits per heavy atom. The minimum Gasteiger partial charge on any atom is -0.494 e. The fourth-order valence-corrected chi connectivity index (χ4v) is 2.60. The Morgan fingerprint density at radius 2 is 1.60 bits per heavy atom. The highest BCUT2D eigenvalue weighted by Gasteiger charge is 2.03. The van der Waals surface area contributed by atoms with Gasteiger partial charge in [-0.1, -0.05) is 44.5 Å². The maximum Gasteiger partial charge on any atom is 0.224 e. The van der Waals surface area contributed by atoms with Crippen LogP contribution in [0.2, 0.25) is 0 Å². The summed E-state index contributed by atoms with van der Waals surface area (Å²) in [5, 5.41) is 2.94. The van der Waals surface area contributed by atoms with Gasteiger partial charge in [-0.3, -0.25) is 4.79 Å². The molecule has 3 nitrogen and oxygen atoms in total. The Balaban J connectivity index is 1.66. The van der Waals surface area contributed by atoms with E-state index in [1.165, 1.54) is 24.0 Å². The molecule has 0 fully saturated rings. The van der Waals surface area contributed by atoms with Crippen LogP contribution in [0.1, 0.15) is 50.7 Å². The Morgan fingerprint density at radius 3 is 2.24 bits per heavy atom. The molecule has 25 heavy (non-hydrogen) atoms. The van der Waals surface area contributed by atoms with Crippen LogP contribution in [0.4, 0.5) is 5.69 Å². The van der Waals surface area contributed by atoms with E-state index >= 15 is 0 Å². The van der Waals surface area contributed by atoms with Crippen molar-refractivity contribution >= 4 is 11.6 Å². The van der Waals surface area contributed by atoms with E-state index in [9.17, 15) is 4.79 Å². The average Bonchev–Trinajstić information content (AvgIpc) is 2.65. The Hall–Kier alpha value is -2.29. The Bertz CT molecular complexity index is 632. The van der Waals surface area contributed by atoms with Crippen molar-refractivity contribution in [3.63, 3.8) is 0 Å². The maximum atomic E-state index is 12.0. The van der Waals surface area contributed by atoms with Gasteiger partial charge in [0.15, 0.2) is 0 Å². The fraction of sp³-hybridized carbons (Fsp3) is 0.409. The second kappa shape index (κ2) is 10.5. The Kier molecular flexibility index (Phi) is 8.03. The number of hydrogen-bond donors (Lipinski definition) is 1. The molecule has 2 rings (SSSR count). The molecule has 134 valence electrons. The van der Waals surface area contributed by atoms with E-state index in [1.807, 2.05) is 24.3 Å². The van der Waals surface area contributed by atoms with Crippen molar-refractivity contribution in [2.75, 3.05) is 11.9 Å². The lowest BCUT2D eigenvalue weighted by molar-refractivity contribution is -0.116. The molecular formula is C22H29NO2. The fourth-order valence-electron chi connectivity index (χ4n) is 2.60. The summed E-state index contributed by atoms with van der Waals surface area (Å²) in [7, 11) is 0. The van der Waals surface area contributed by atoms with Gasteiger partial charge in [-0.2, -0.15) is 0 Å². The number of anilines is 1. The molecule has 0 bridgehead atoms. The molecule has 0 aliphatic heterocycles. The van der Waals surface area contributed by atoms with Gasteiger partial charge in [0, 0.05) is 12.1 Å². The number of ether oxygens (including phenoxy) is 1. The molecule has 0 saturated heterocycles. The normalized spacial score (nSPS) is 10.5.